The quantitative estimate of drug-likeness (QED) is 0.636. The van der Waals surface area contributed by atoms with Gasteiger partial charge in [0.1, 0.15) is 16.1 Å². The molecule has 98 valence electrons. The molecule has 4 nitrogen and oxygen atoms in total. The Kier molecular flexibility index (Phi) is 4.24. The van der Waals surface area contributed by atoms with Crippen LogP contribution < -0.4 is 4.74 Å². The molecule has 0 unspecified atom stereocenters. The number of rotatable bonds is 3. The van der Waals surface area contributed by atoms with Crippen LogP contribution in [0.1, 0.15) is 10.4 Å². The van der Waals surface area contributed by atoms with Gasteiger partial charge in [0.25, 0.3) is 0 Å². The molecule has 0 bridgehead atoms. The number of carbonyl (C=O) groups excluding carboxylic acids is 1. The summed E-state index contributed by atoms with van der Waals surface area (Å²) in [6.07, 6.45) is 0.507. The highest BCUT2D eigenvalue weighted by molar-refractivity contribution is 6.37. The van der Waals surface area contributed by atoms with Crippen LogP contribution in [0.4, 0.5) is 0 Å². The van der Waals surface area contributed by atoms with Crippen molar-refractivity contribution in [3.63, 3.8) is 0 Å². The molecule has 0 atom stereocenters. The van der Waals surface area contributed by atoms with E-state index in [9.17, 15) is 4.79 Å². The first-order valence-electron chi connectivity index (χ1n) is 5.09. The summed E-state index contributed by atoms with van der Waals surface area (Å²) in [5.41, 5.74) is 0.633. The minimum Gasteiger partial charge on any atom is -0.496 e. The SMILES string of the molecule is COc1cc(Cl)ccc1-c1nc(Cl)c(C=O)c(Cl)n1. The Bertz CT molecular complexity index is 624. The molecular weight excluding hydrogens is 311 g/mol. The van der Waals surface area contributed by atoms with Crippen LogP contribution in [0.2, 0.25) is 15.3 Å². The van der Waals surface area contributed by atoms with Crippen molar-refractivity contribution in [2.75, 3.05) is 7.11 Å². The van der Waals surface area contributed by atoms with E-state index in [1.807, 2.05) is 0 Å². The molecule has 0 amide bonds. The number of nitrogens with zero attached hydrogens (tertiary/aromatic N) is 2. The molecule has 0 aliphatic carbocycles. The molecular formula is C12H7Cl3N2O2. The number of hydrogen-bond donors (Lipinski definition) is 0. The third-order valence-corrected chi connectivity index (χ3v) is 3.19. The van der Waals surface area contributed by atoms with Crippen molar-refractivity contribution in [3.05, 3.63) is 39.1 Å². The zero-order valence-corrected chi connectivity index (χ0v) is 11.9. The smallest absolute Gasteiger partial charge is 0.166 e. The van der Waals surface area contributed by atoms with Crippen molar-refractivity contribution in [2.24, 2.45) is 0 Å². The first-order chi connectivity index (χ1) is 9.06. The number of aromatic nitrogens is 2. The Balaban J connectivity index is 2.62. The summed E-state index contributed by atoms with van der Waals surface area (Å²) in [4.78, 5) is 18.8. The summed E-state index contributed by atoms with van der Waals surface area (Å²) in [5.74, 6) is 0.743. The lowest BCUT2D eigenvalue weighted by Crippen LogP contribution is -1.98. The summed E-state index contributed by atoms with van der Waals surface area (Å²) in [7, 11) is 1.50. The molecule has 0 fully saturated rings. The van der Waals surface area contributed by atoms with Gasteiger partial charge in [0, 0.05) is 5.02 Å². The molecule has 0 aliphatic rings. The van der Waals surface area contributed by atoms with E-state index in [-0.39, 0.29) is 21.7 Å². The number of carbonyl (C=O) groups is 1. The monoisotopic (exact) mass is 316 g/mol. The summed E-state index contributed by atoms with van der Waals surface area (Å²) >= 11 is 17.6. The van der Waals surface area contributed by atoms with Gasteiger partial charge in [-0.05, 0) is 18.2 Å². The maximum absolute atomic E-state index is 10.8. The standard InChI is InChI=1S/C12H7Cl3N2O2/c1-19-9-4-6(13)2-3-7(9)12-16-10(14)8(5-18)11(15)17-12/h2-5H,1H3. The molecule has 1 aromatic heterocycles. The molecule has 2 aromatic rings. The number of ether oxygens (including phenoxy) is 1. The van der Waals surface area contributed by atoms with Crippen LogP contribution in [0, 0.1) is 0 Å². The Hall–Kier alpha value is -1.36. The van der Waals surface area contributed by atoms with E-state index in [4.69, 9.17) is 39.5 Å². The van der Waals surface area contributed by atoms with Gasteiger partial charge in [-0.15, -0.1) is 0 Å². The van der Waals surface area contributed by atoms with E-state index in [1.54, 1.807) is 18.2 Å². The molecule has 1 aromatic carbocycles. The van der Waals surface area contributed by atoms with Gasteiger partial charge in [-0.25, -0.2) is 9.97 Å². The first kappa shape index (κ1) is 14.1. The van der Waals surface area contributed by atoms with Crippen LogP contribution in [0.15, 0.2) is 18.2 Å². The fourth-order valence-corrected chi connectivity index (χ4v) is 2.12. The topological polar surface area (TPSA) is 52.1 Å². The minimum absolute atomic E-state index is 0.0120. The van der Waals surface area contributed by atoms with E-state index >= 15 is 0 Å². The largest absolute Gasteiger partial charge is 0.496 e. The summed E-state index contributed by atoms with van der Waals surface area (Å²) < 4.78 is 5.20. The van der Waals surface area contributed by atoms with Gasteiger partial charge < -0.3 is 4.74 Å². The third-order valence-electron chi connectivity index (χ3n) is 2.37. The maximum Gasteiger partial charge on any atom is 0.166 e. The van der Waals surface area contributed by atoms with Crippen molar-refractivity contribution >= 4 is 41.1 Å². The van der Waals surface area contributed by atoms with Crippen LogP contribution in [0.5, 0.6) is 5.75 Å². The van der Waals surface area contributed by atoms with E-state index in [0.29, 0.717) is 22.6 Å². The molecule has 0 radical (unpaired) electrons. The predicted octanol–water partition coefficient (Wildman–Crippen LogP) is 3.92. The molecule has 0 N–H and O–H groups in total. The van der Waals surface area contributed by atoms with E-state index in [2.05, 4.69) is 9.97 Å². The lowest BCUT2D eigenvalue weighted by Gasteiger charge is -2.09. The van der Waals surface area contributed by atoms with Crippen LogP contribution in [0.25, 0.3) is 11.4 Å². The van der Waals surface area contributed by atoms with Gasteiger partial charge in [0.05, 0.1) is 18.2 Å². The van der Waals surface area contributed by atoms with Crippen molar-refractivity contribution in [3.8, 4) is 17.1 Å². The van der Waals surface area contributed by atoms with Crippen LogP contribution in [-0.4, -0.2) is 23.4 Å². The molecule has 19 heavy (non-hydrogen) atoms. The van der Waals surface area contributed by atoms with E-state index in [0.717, 1.165) is 0 Å². The molecule has 0 spiro atoms. The average Bonchev–Trinajstić information content (AvgIpc) is 2.38. The zero-order valence-electron chi connectivity index (χ0n) is 9.65. The highest BCUT2D eigenvalue weighted by Crippen LogP contribution is 2.32. The summed E-state index contributed by atoms with van der Waals surface area (Å²) in [5, 5.41) is 0.492. The number of hydrogen-bond acceptors (Lipinski definition) is 4. The highest BCUT2D eigenvalue weighted by atomic mass is 35.5. The van der Waals surface area contributed by atoms with Gasteiger partial charge >= 0.3 is 0 Å². The summed E-state index contributed by atoms with van der Waals surface area (Å²) in [6.45, 7) is 0. The van der Waals surface area contributed by atoms with Crippen molar-refractivity contribution < 1.29 is 9.53 Å². The second kappa shape index (κ2) is 5.74. The predicted molar refractivity (Wildman–Crippen MR) is 74.4 cm³/mol. The molecule has 0 aliphatic heterocycles. The molecule has 0 saturated carbocycles. The molecule has 1 heterocycles. The van der Waals surface area contributed by atoms with Gasteiger partial charge in [-0.2, -0.15) is 0 Å². The van der Waals surface area contributed by atoms with Crippen molar-refractivity contribution in [1.29, 1.82) is 0 Å². The number of halogens is 3. The lowest BCUT2D eigenvalue weighted by atomic mass is 10.2. The van der Waals surface area contributed by atoms with Crippen LogP contribution >= 0.6 is 34.8 Å². The lowest BCUT2D eigenvalue weighted by molar-refractivity contribution is 0.112. The number of benzene rings is 1. The van der Waals surface area contributed by atoms with Crippen molar-refractivity contribution in [1.82, 2.24) is 9.97 Å². The first-order valence-corrected chi connectivity index (χ1v) is 6.22. The van der Waals surface area contributed by atoms with Crippen LogP contribution in [0.3, 0.4) is 0 Å². The zero-order chi connectivity index (χ0) is 14.0. The average molecular weight is 318 g/mol. The number of aldehydes is 1. The Morgan fingerprint density at radius 2 is 1.79 bits per heavy atom. The Labute approximate surface area is 124 Å². The minimum atomic E-state index is -0.0120. The van der Waals surface area contributed by atoms with E-state index in [1.165, 1.54) is 7.11 Å². The second-order valence-corrected chi connectivity index (χ2v) is 4.66. The third kappa shape index (κ3) is 2.81. The maximum atomic E-state index is 10.8. The summed E-state index contributed by atoms with van der Waals surface area (Å²) in [6, 6.07) is 4.97. The molecule has 0 saturated heterocycles. The van der Waals surface area contributed by atoms with Crippen molar-refractivity contribution in [2.45, 2.75) is 0 Å². The molecule has 7 heteroatoms. The second-order valence-electron chi connectivity index (χ2n) is 3.50. The Morgan fingerprint density at radius 1 is 1.16 bits per heavy atom. The van der Waals surface area contributed by atoms with Gasteiger partial charge in [-0.1, -0.05) is 34.8 Å². The van der Waals surface area contributed by atoms with Crippen LogP contribution in [-0.2, 0) is 0 Å². The van der Waals surface area contributed by atoms with Gasteiger partial charge in [-0.3, -0.25) is 4.79 Å². The normalized spacial score (nSPS) is 10.3. The van der Waals surface area contributed by atoms with Gasteiger partial charge in [0.15, 0.2) is 12.1 Å². The highest BCUT2D eigenvalue weighted by Gasteiger charge is 2.15. The van der Waals surface area contributed by atoms with E-state index < -0.39 is 0 Å². The van der Waals surface area contributed by atoms with Gasteiger partial charge in [0.2, 0.25) is 0 Å². The Morgan fingerprint density at radius 3 is 2.32 bits per heavy atom. The fourth-order valence-electron chi connectivity index (χ4n) is 1.48. The number of methoxy groups -OCH3 is 1. The fraction of sp³-hybridized carbons (Fsp3) is 0.0833. The molecule has 2 rings (SSSR count).